The molecule has 0 aliphatic rings. The van der Waals surface area contributed by atoms with Gasteiger partial charge in [-0.25, -0.2) is 0 Å². The lowest BCUT2D eigenvalue weighted by atomic mass is 10.1. The van der Waals surface area contributed by atoms with Crippen molar-refractivity contribution < 1.29 is 0 Å². The molecule has 0 aromatic heterocycles. The van der Waals surface area contributed by atoms with Crippen LogP contribution in [-0.2, 0) is 0 Å². The molecule has 0 radical (unpaired) electrons. The largest absolute Gasteiger partial charge is 0.310 e. The molecule has 10 aromatic rings. The zero-order valence-corrected chi connectivity index (χ0v) is 44.5. The van der Waals surface area contributed by atoms with Crippen LogP contribution in [0.15, 0.2) is 291 Å². The van der Waals surface area contributed by atoms with Crippen LogP contribution in [0.4, 0.5) is 51.2 Å². The van der Waals surface area contributed by atoms with E-state index in [1.165, 1.54) is 33.4 Å². The van der Waals surface area contributed by atoms with Crippen molar-refractivity contribution in [2.75, 3.05) is 14.7 Å². The van der Waals surface area contributed by atoms with Gasteiger partial charge in [0, 0.05) is 34.1 Å². The Morgan fingerprint density at radius 3 is 0.667 bits per heavy atom. The van der Waals surface area contributed by atoms with E-state index in [4.69, 9.17) is 0 Å². The Bertz CT molecular complexity index is 3330. The summed E-state index contributed by atoms with van der Waals surface area (Å²) in [5, 5.41) is 0. The van der Waals surface area contributed by atoms with Gasteiger partial charge in [0.1, 0.15) is 0 Å². The van der Waals surface area contributed by atoms with E-state index >= 15 is 0 Å². The predicted molar refractivity (Wildman–Crippen MR) is 338 cm³/mol. The Balaban J connectivity index is 1.07. The molecule has 0 saturated heterocycles. The normalized spacial score (nSPS) is 11.7. The first-order valence-electron chi connectivity index (χ1n) is 26.6. The summed E-state index contributed by atoms with van der Waals surface area (Å²) >= 11 is 0. The van der Waals surface area contributed by atoms with Crippen molar-refractivity contribution in [2.45, 2.75) is 20.8 Å². The van der Waals surface area contributed by atoms with E-state index in [1.807, 2.05) is 0 Å². The number of hydrogen-bond donors (Lipinski definition) is 0. The van der Waals surface area contributed by atoms with Gasteiger partial charge >= 0.3 is 0 Å². The van der Waals surface area contributed by atoms with Gasteiger partial charge in [-0.3, -0.25) is 0 Å². The highest BCUT2D eigenvalue weighted by atomic mass is 15.2. The van der Waals surface area contributed by atoms with Crippen LogP contribution in [0, 0.1) is 20.8 Å². The first-order valence-corrected chi connectivity index (χ1v) is 26.6. The molecule has 0 saturated carbocycles. The molecule has 0 unspecified atom stereocenters. The van der Waals surface area contributed by atoms with Gasteiger partial charge in [-0.2, -0.15) is 0 Å². The summed E-state index contributed by atoms with van der Waals surface area (Å²) in [4.78, 5) is 7.09. The average Bonchev–Trinajstić information content (AvgIpc) is 3.57. The summed E-state index contributed by atoms with van der Waals surface area (Å²) in [5.74, 6) is 0. The SMILES string of the molecule is Cc1cccc(/C=C/C=C/c2ccc(N(c3ccccc3)c3cc(N(c4ccccc4)c4ccc(/C=C/C=C/c5cccc(C)c5)cc4)cc(N(c4ccccc4)c4ccc(/C=C/C=C/c5cccc(C)c5)cc4)c3)cc2)c1. The van der Waals surface area contributed by atoms with E-state index < -0.39 is 0 Å². The van der Waals surface area contributed by atoms with E-state index in [2.05, 4.69) is 363 Å². The lowest BCUT2D eigenvalue weighted by Gasteiger charge is -2.33. The monoisotopic (exact) mass is 1010 g/mol. The highest BCUT2D eigenvalue weighted by molar-refractivity contribution is 5.90. The molecule has 0 N–H and O–H groups in total. The van der Waals surface area contributed by atoms with Gasteiger partial charge in [0.05, 0.1) is 17.1 Å². The molecule has 0 atom stereocenters. The molecule has 10 rings (SSSR count). The molecule has 78 heavy (non-hydrogen) atoms. The fourth-order valence-electron chi connectivity index (χ4n) is 9.56. The molecule has 0 amide bonds. The van der Waals surface area contributed by atoms with Crippen molar-refractivity contribution in [1.29, 1.82) is 0 Å². The minimum absolute atomic E-state index is 1.000. The van der Waals surface area contributed by atoms with Gasteiger partial charge in [-0.15, -0.1) is 0 Å². The first-order chi connectivity index (χ1) is 38.4. The summed E-state index contributed by atoms with van der Waals surface area (Å²) in [6, 6.07) is 91.1. The van der Waals surface area contributed by atoms with Crippen LogP contribution in [0.1, 0.15) is 50.1 Å². The van der Waals surface area contributed by atoms with E-state index in [9.17, 15) is 0 Å². The quantitative estimate of drug-likeness (QED) is 0.0793. The second kappa shape index (κ2) is 25.5. The van der Waals surface area contributed by atoms with E-state index in [0.29, 0.717) is 0 Å². The van der Waals surface area contributed by atoms with E-state index in [0.717, 1.165) is 67.9 Å². The van der Waals surface area contributed by atoms with Crippen molar-refractivity contribution in [2.24, 2.45) is 0 Å². The van der Waals surface area contributed by atoms with E-state index in [1.54, 1.807) is 0 Å². The standard InChI is InChI=1S/C75H63N3/c1-58-22-19-31-64(52-58)28-16-13-25-61-40-46-70(47-41-61)76(67-34-7-4-8-35-67)73-55-74(77(68-36-9-5-10-37-68)71-48-42-62(43-49-71)26-14-17-29-65-32-20-23-59(2)53-65)57-75(56-73)78(69-38-11-6-12-39-69)72-50-44-63(45-51-72)27-15-18-30-66-33-21-24-60(3)54-66/h4-57H,1-3H3/b25-13+,26-14+,27-15+,28-16+,29-17+,30-18+. The summed E-state index contributed by atoms with van der Waals surface area (Å²) in [6.45, 7) is 6.37. The molecule has 0 aliphatic carbocycles. The molecule has 0 bridgehead atoms. The van der Waals surface area contributed by atoms with Crippen LogP contribution in [-0.4, -0.2) is 0 Å². The second-order valence-corrected chi connectivity index (χ2v) is 19.4. The van der Waals surface area contributed by atoms with Gasteiger partial charge in [-0.05, 0) is 145 Å². The second-order valence-electron chi connectivity index (χ2n) is 19.4. The van der Waals surface area contributed by atoms with Crippen molar-refractivity contribution in [1.82, 2.24) is 0 Å². The minimum Gasteiger partial charge on any atom is -0.310 e. The van der Waals surface area contributed by atoms with Crippen LogP contribution in [0.2, 0.25) is 0 Å². The Morgan fingerprint density at radius 1 is 0.192 bits per heavy atom. The molecule has 0 fully saturated rings. The minimum atomic E-state index is 1.000. The highest BCUT2D eigenvalue weighted by Crippen LogP contribution is 2.46. The Kier molecular flexibility index (Phi) is 16.9. The van der Waals surface area contributed by atoms with Crippen molar-refractivity contribution in [3.63, 3.8) is 0 Å². The highest BCUT2D eigenvalue weighted by Gasteiger charge is 2.22. The van der Waals surface area contributed by atoms with Crippen molar-refractivity contribution in [3.05, 3.63) is 341 Å². The molecule has 3 nitrogen and oxygen atoms in total. The number of allylic oxidation sites excluding steroid dienone is 6. The average molecular weight is 1010 g/mol. The topological polar surface area (TPSA) is 9.72 Å². The van der Waals surface area contributed by atoms with Crippen molar-refractivity contribution in [3.8, 4) is 0 Å². The van der Waals surface area contributed by atoms with Crippen LogP contribution in [0.5, 0.6) is 0 Å². The number of hydrogen-bond acceptors (Lipinski definition) is 3. The number of para-hydroxylation sites is 3. The summed E-state index contributed by atoms with van der Waals surface area (Å²) in [7, 11) is 0. The molecule has 0 spiro atoms. The maximum atomic E-state index is 2.36. The summed E-state index contributed by atoms with van der Waals surface area (Å²) in [5.41, 5.74) is 19.9. The summed E-state index contributed by atoms with van der Waals surface area (Å²) in [6.07, 6.45) is 25.5. The maximum absolute atomic E-state index is 2.36. The molecular formula is C75H63N3. The van der Waals surface area contributed by atoms with Crippen molar-refractivity contribution >= 4 is 87.6 Å². The third-order valence-corrected chi connectivity index (χ3v) is 13.4. The number of anilines is 9. The van der Waals surface area contributed by atoms with Gasteiger partial charge < -0.3 is 14.7 Å². The Hall–Kier alpha value is -9.96. The molecule has 10 aromatic carbocycles. The molecule has 378 valence electrons. The van der Waals surface area contributed by atoms with Gasteiger partial charge in [0.25, 0.3) is 0 Å². The maximum Gasteiger partial charge on any atom is 0.0503 e. The van der Waals surface area contributed by atoms with Gasteiger partial charge in [0.2, 0.25) is 0 Å². The number of aryl methyl sites for hydroxylation is 3. The molecule has 0 heterocycles. The van der Waals surface area contributed by atoms with Crippen LogP contribution >= 0.6 is 0 Å². The lowest BCUT2D eigenvalue weighted by Crippen LogP contribution is -2.16. The fraction of sp³-hybridized carbons (Fsp3) is 0.0400. The third-order valence-electron chi connectivity index (χ3n) is 13.4. The van der Waals surface area contributed by atoms with Gasteiger partial charge in [-0.1, -0.05) is 253 Å². The number of rotatable bonds is 18. The lowest BCUT2D eigenvalue weighted by molar-refractivity contribution is 1.22. The zero-order valence-electron chi connectivity index (χ0n) is 44.5. The predicted octanol–water partition coefficient (Wildman–Crippen LogP) is 21.2. The smallest absolute Gasteiger partial charge is 0.0503 e. The Morgan fingerprint density at radius 2 is 0.423 bits per heavy atom. The number of benzene rings is 10. The number of nitrogens with zero attached hydrogens (tertiary/aromatic N) is 3. The van der Waals surface area contributed by atoms with E-state index in [-0.39, 0.29) is 0 Å². The zero-order chi connectivity index (χ0) is 53.3. The summed E-state index contributed by atoms with van der Waals surface area (Å²) < 4.78 is 0. The first kappa shape index (κ1) is 51.5. The molecule has 3 heteroatoms. The van der Waals surface area contributed by atoms with Crippen LogP contribution in [0.25, 0.3) is 36.5 Å². The molecule has 0 aliphatic heterocycles. The fourth-order valence-corrected chi connectivity index (χ4v) is 9.56. The van der Waals surface area contributed by atoms with Crippen LogP contribution in [0.3, 0.4) is 0 Å². The van der Waals surface area contributed by atoms with Crippen LogP contribution < -0.4 is 14.7 Å². The molecular weight excluding hydrogens is 943 g/mol. The third kappa shape index (κ3) is 13.7. The van der Waals surface area contributed by atoms with Gasteiger partial charge in [0.15, 0.2) is 0 Å². The Labute approximate surface area is 462 Å².